The van der Waals surface area contributed by atoms with Crippen molar-refractivity contribution in [1.29, 1.82) is 0 Å². The molecule has 0 saturated carbocycles. The van der Waals surface area contributed by atoms with E-state index in [4.69, 9.17) is 5.11 Å². The second kappa shape index (κ2) is 9.53. The summed E-state index contributed by atoms with van der Waals surface area (Å²) in [4.78, 5) is 37.6. The van der Waals surface area contributed by atoms with Gasteiger partial charge in [0.05, 0.1) is 6.42 Å². The number of benzene rings is 1. The summed E-state index contributed by atoms with van der Waals surface area (Å²) in [6.07, 6.45) is 1.86. The van der Waals surface area contributed by atoms with Gasteiger partial charge in [-0.3, -0.25) is 14.4 Å². The van der Waals surface area contributed by atoms with Crippen molar-refractivity contribution >= 4 is 17.8 Å². The largest absolute Gasteiger partial charge is 0.481 e. The topological polar surface area (TPSA) is 86.7 Å². The summed E-state index contributed by atoms with van der Waals surface area (Å²) >= 11 is 0. The van der Waals surface area contributed by atoms with E-state index in [1.807, 2.05) is 45.0 Å². The van der Waals surface area contributed by atoms with Gasteiger partial charge in [-0.25, -0.2) is 0 Å². The smallest absolute Gasteiger partial charge is 0.305 e. The van der Waals surface area contributed by atoms with E-state index in [0.717, 1.165) is 11.1 Å². The number of carboxylic acids is 1. The molecule has 0 bridgehead atoms. The number of hydrogen-bond acceptors (Lipinski definition) is 3. The molecule has 1 aromatic carbocycles. The minimum Gasteiger partial charge on any atom is -0.481 e. The minimum absolute atomic E-state index is 0.0697. The summed E-state index contributed by atoms with van der Waals surface area (Å²) in [5, 5.41) is 11.9. The van der Waals surface area contributed by atoms with Crippen LogP contribution in [-0.2, 0) is 20.9 Å². The molecule has 1 aromatic rings. The van der Waals surface area contributed by atoms with Crippen LogP contribution in [0.4, 0.5) is 0 Å². The number of rotatable bonds is 9. The van der Waals surface area contributed by atoms with Gasteiger partial charge in [0.25, 0.3) is 0 Å². The van der Waals surface area contributed by atoms with E-state index in [-0.39, 0.29) is 36.7 Å². The van der Waals surface area contributed by atoms with Crippen LogP contribution in [0.15, 0.2) is 24.3 Å². The molecule has 0 spiro atoms. The fraction of sp³-hybridized carbons (Fsp3) is 0.571. The van der Waals surface area contributed by atoms with Crippen molar-refractivity contribution in [1.82, 2.24) is 10.2 Å². The number of hydrogen-bond donors (Lipinski definition) is 2. The van der Waals surface area contributed by atoms with E-state index < -0.39 is 5.97 Å². The summed E-state index contributed by atoms with van der Waals surface area (Å²) in [5.41, 5.74) is 2.21. The molecule has 1 aliphatic heterocycles. The Hall–Kier alpha value is -2.37. The van der Waals surface area contributed by atoms with Crippen LogP contribution < -0.4 is 5.32 Å². The van der Waals surface area contributed by atoms with Gasteiger partial charge in [-0.05, 0) is 36.8 Å². The Bertz CT molecular complexity index is 687. The Kier molecular flexibility index (Phi) is 7.39. The van der Waals surface area contributed by atoms with Crippen molar-refractivity contribution in [2.24, 2.45) is 5.92 Å². The first-order valence-corrected chi connectivity index (χ1v) is 9.61. The van der Waals surface area contributed by atoms with Crippen molar-refractivity contribution < 1.29 is 19.5 Å². The van der Waals surface area contributed by atoms with Gasteiger partial charge in [0.2, 0.25) is 11.8 Å². The van der Waals surface area contributed by atoms with Gasteiger partial charge < -0.3 is 15.3 Å². The molecule has 27 heavy (non-hydrogen) atoms. The monoisotopic (exact) mass is 374 g/mol. The molecule has 2 amide bonds. The zero-order valence-electron chi connectivity index (χ0n) is 16.4. The highest BCUT2D eigenvalue weighted by atomic mass is 16.4. The van der Waals surface area contributed by atoms with Crippen molar-refractivity contribution in [3.63, 3.8) is 0 Å². The van der Waals surface area contributed by atoms with Gasteiger partial charge in [-0.1, -0.05) is 38.1 Å². The van der Waals surface area contributed by atoms with Gasteiger partial charge in [-0.2, -0.15) is 0 Å². The Labute approximate surface area is 160 Å². The Balaban J connectivity index is 1.99. The number of aryl methyl sites for hydroxylation is 1. The Morgan fingerprint density at radius 2 is 2.00 bits per heavy atom. The molecule has 1 unspecified atom stereocenters. The number of carbonyl (C=O) groups is 3. The van der Waals surface area contributed by atoms with Crippen molar-refractivity contribution in [3.05, 3.63) is 35.4 Å². The van der Waals surface area contributed by atoms with Gasteiger partial charge in [0.15, 0.2) is 0 Å². The molecule has 1 saturated heterocycles. The third-order valence-electron chi connectivity index (χ3n) is 5.02. The molecule has 0 aromatic heterocycles. The van der Waals surface area contributed by atoms with E-state index in [0.29, 0.717) is 31.7 Å². The van der Waals surface area contributed by atoms with Gasteiger partial charge in [0.1, 0.15) is 0 Å². The standard InChI is InChI=1S/C21H30N2O4/c1-14(2)10-17(11-21(26)27)22-19(24)12-18-8-9-20(25)23(18)13-16-7-5-4-6-15(16)3/h4-7,14,17-18H,8-13H2,1-3H3,(H,22,24)(H,26,27)/t17-,18?/m0/s1. The van der Waals surface area contributed by atoms with Crippen molar-refractivity contribution in [3.8, 4) is 0 Å². The van der Waals surface area contributed by atoms with Crippen LogP contribution in [0.5, 0.6) is 0 Å². The zero-order valence-corrected chi connectivity index (χ0v) is 16.4. The summed E-state index contributed by atoms with van der Waals surface area (Å²) < 4.78 is 0. The molecule has 0 aliphatic carbocycles. The van der Waals surface area contributed by atoms with E-state index in [2.05, 4.69) is 5.32 Å². The van der Waals surface area contributed by atoms with Crippen LogP contribution in [0, 0.1) is 12.8 Å². The van der Waals surface area contributed by atoms with Crippen LogP contribution >= 0.6 is 0 Å². The fourth-order valence-corrected chi connectivity index (χ4v) is 3.67. The molecule has 1 heterocycles. The zero-order chi connectivity index (χ0) is 20.0. The minimum atomic E-state index is -0.918. The molecule has 1 fully saturated rings. The van der Waals surface area contributed by atoms with E-state index in [1.165, 1.54) is 0 Å². The third-order valence-corrected chi connectivity index (χ3v) is 5.02. The number of nitrogens with one attached hydrogen (secondary N) is 1. The molecule has 6 nitrogen and oxygen atoms in total. The average molecular weight is 374 g/mol. The molecule has 2 rings (SSSR count). The predicted molar refractivity (Wildman–Crippen MR) is 103 cm³/mol. The van der Waals surface area contributed by atoms with Crippen LogP contribution in [0.1, 0.15) is 57.1 Å². The second-order valence-corrected chi connectivity index (χ2v) is 7.84. The average Bonchev–Trinajstić information content (AvgIpc) is 2.88. The first kappa shape index (κ1) is 20.9. The molecule has 6 heteroatoms. The quantitative estimate of drug-likeness (QED) is 0.696. The van der Waals surface area contributed by atoms with E-state index in [9.17, 15) is 14.4 Å². The third kappa shape index (κ3) is 6.38. The SMILES string of the molecule is Cc1ccccc1CN1C(=O)CCC1CC(=O)N[C@H](CC(=O)O)CC(C)C. The van der Waals surface area contributed by atoms with Gasteiger partial charge in [0, 0.05) is 31.5 Å². The Morgan fingerprint density at radius 3 is 2.63 bits per heavy atom. The Morgan fingerprint density at radius 1 is 1.30 bits per heavy atom. The number of likely N-dealkylation sites (tertiary alicyclic amines) is 1. The lowest BCUT2D eigenvalue weighted by atomic mass is 10.0. The first-order valence-electron chi connectivity index (χ1n) is 9.61. The first-order chi connectivity index (χ1) is 12.8. The number of carboxylic acid groups (broad SMARTS) is 1. The number of amides is 2. The lowest BCUT2D eigenvalue weighted by Gasteiger charge is -2.26. The maximum Gasteiger partial charge on any atom is 0.305 e. The van der Waals surface area contributed by atoms with Crippen LogP contribution in [0.2, 0.25) is 0 Å². The molecule has 2 N–H and O–H groups in total. The normalized spacial score (nSPS) is 18.0. The summed E-state index contributed by atoms with van der Waals surface area (Å²) in [6.45, 7) is 6.52. The predicted octanol–water partition coefficient (Wildman–Crippen LogP) is 2.88. The number of aliphatic carboxylic acids is 1. The summed E-state index contributed by atoms with van der Waals surface area (Å²) in [7, 11) is 0. The van der Waals surface area contributed by atoms with Crippen molar-refractivity contribution in [2.75, 3.05) is 0 Å². The second-order valence-electron chi connectivity index (χ2n) is 7.84. The van der Waals surface area contributed by atoms with Gasteiger partial charge >= 0.3 is 5.97 Å². The number of nitrogens with zero attached hydrogens (tertiary/aromatic N) is 1. The summed E-state index contributed by atoms with van der Waals surface area (Å²) in [5.74, 6) is -0.741. The molecule has 0 radical (unpaired) electrons. The van der Waals surface area contributed by atoms with E-state index >= 15 is 0 Å². The molecule has 148 valence electrons. The maximum absolute atomic E-state index is 12.5. The summed E-state index contributed by atoms with van der Waals surface area (Å²) in [6, 6.07) is 7.42. The molecule has 2 atom stereocenters. The lowest BCUT2D eigenvalue weighted by molar-refractivity contribution is -0.137. The highest BCUT2D eigenvalue weighted by Gasteiger charge is 2.33. The highest BCUT2D eigenvalue weighted by Crippen LogP contribution is 2.25. The molecular formula is C21H30N2O4. The van der Waals surface area contributed by atoms with E-state index in [1.54, 1.807) is 4.90 Å². The fourth-order valence-electron chi connectivity index (χ4n) is 3.67. The molecular weight excluding hydrogens is 344 g/mol. The van der Waals surface area contributed by atoms with Crippen molar-refractivity contribution in [2.45, 2.75) is 71.5 Å². The highest BCUT2D eigenvalue weighted by molar-refractivity contribution is 5.82. The van der Waals surface area contributed by atoms with Gasteiger partial charge in [-0.15, -0.1) is 0 Å². The van der Waals surface area contributed by atoms with Crippen LogP contribution in [-0.4, -0.2) is 39.9 Å². The maximum atomic E-state index is 12.5. The lowest BCUT2D eigenvalue weighted by Crippen LogP contribution is -2.41. The number of carbonyl (C=O) groups excluding carboxylic acids is 2. The molecule has 1 aliphatic rings. The van der Waals surface area contributed by atoms with Crippen LogP contribution in [0.3, 0.4) is 0 Å². The van der Waals surface area contributed by atoms with Crippen LogP contribution in [0.25, 0.3) is 0 Å².